The molecule has 3 amide bonds. The molecule has 16 heteroatoms. The Hall–Kier alpha value is -4.63. The molecule has 230 valence electrons. The fourth-order valence-corrected chi connectivity index (χ4v) is 5.17. The number of carbonyl (C=O) groups excluding carboxylic acids is 2. The highest BCUT2D eigenvalue weighted by Crippen LogP contribution is 2.40. The van der Waals surface area contributed by atoms with Crippen molar-refractivity contribution < 1.29 is 32.1 Å². The smallest absolute Gasteiger partial charge is 0.317 e. The van der Waals surface area contributed by atoms with Gasteiger partial charge in [0, 0.05) is 30.3 Å². The van der Waals surface area contributed by atoms with E-state index in [1.807, 2.05) is 0 Å². The number of amides is 3. The van der Waals surface area contributed by atoms with Crippen molar-refractivity contribution in [3.05, 3.63) is 69.0 Å². The number of H-pyrrole nitrogens is 1. The first-order valence-corrected chi connectivity index (χ1v) is 13.4. The Morgan fingerprint density at radius 3 is 2.26 bits per heavy atom. The van der Waals surface area contributed by atoms with Crippen LogP contribution >= 0.6 is 0 Å². The van der Waals surface area contributed by atoms with Gasteiger partial charge in [-0.3, -0.25) is 20.2 Å². The van der Waals surface area contributed by atoms with Gasteiger partial charge in [0.05, 0.1) is 10.6 Å². The first kappa shape index (κ1) is 31.3. The van der Waals surface area contributed by atoms with Crippen LogP contribution in [-0.2, 0) is 12.7 Å². The molecule has 1 aromatic heterocycles. The van der Waals surface area contributed by atoms with E-state index in [1.54, 1.807) is 12.1 Å². The normalized spacial score (nSPS) is 17.3. The monoisotopic (exact) mass is 606 g/mol. The van der Waals surface area contributed by atoms with Gasteiger partial charge in [-0.05, 0) is 59.9 Å². The van der Waals surface area contributed by atoms with E-state index in [-0.39, 0.29) is 35.6 Å². The van der Waals surface area contributed by atoms with Crippen LogP contribution < -0.4 is 10.6 Å². The molecule has 1 heterocycles. The van der Waals surface area contributed by atoms with Crippen LogP contribution in [0, 0.1) is 27.3 Å². The number of alkyl halides is 3. The summed E-state index contributed by atoms with van der Waals surface area (Å²) in [5, 5.41) is 28.7. The highest BCUT2D eigenvalue weighted by molar-refractivity contribution is 6.03. The lowest BCUT2D eigenvalue weighted by Crippen LogP contribution is -2.45. The topological polar surface area (TPSA) is 159 Å². The summed E-state index contributed by atoms with van der Waals surface area (Å²) in [5.41, 5.74) is -2.95. The number of tetrazole rings is 1. The maximum absolute atomic E-state index is 14.9. The summed E-state index contributed by atoms with van der Waals surface area (Å²) in [6.07, 6.45) is -2.47. The maximum Gasteiger partial charge on any atom is 0.419 e. The molecule has 0 atom stereocenters. The van der Waals surface area contributed by atoms with Crippen molar-refractivity contribution >= 4 is 29.3 Å². The molecule has 1 fully saturated rings. The van der Waals surface area contributed by atoms with Crippen molar-refractivity contribution in [2.24, 2.45) is 11.3 Å². The van der Waals surface area contributed by atoms with Crippen LogP contribution in [0.4, 0.5) is 39.7 Å². The molecule has 1 aliphatic rings. The Balaban J connectivity index is 1.59. The third-order valence-corrected chi connectivity index (χ3v) is 7.58. The lowest BCUT2D eigenvalue weighted by molar-refractivity contribution is -0.385. The van der Waals surface area contributed by atoms with Gasteiger partial charge in [-0.25, -0.2) is 9.18 Å². The molecule has 3 N–H and O–H groups in total. The molecule has 0 aliphatic heterocycles. The molecule has 0 saturated heterocycles. The quantitative estimate of drug-likeness (QED) is 0.165. The second-order valence-corrected chi connectivity index (χ2v) is 11.4. The summed E-state index contributed by atoms with van der Waals surface area (Å²) in [6.45, 7) is 6.36. The first-order chi connectivity index (χ1) is 20.1. The molecule has 0 spiro atoms. The van der Waals surface area contributed by atoms with Crippen LogP contribution in [0.25, 0.3) is 0 Å². The molecular formula is C27H30F4N8O4. The molecule has 0 radical (unpaired) electrons. The number of urea groups is 1. The van der Waals surface area contributed by atoms with Gasteiger partial charge in [-0.1, -0.05) is 38.0 Å². The zero-order valence-corrected chi connectivity index (χ0v) is 23.5. The van der Waals surface area contributed by atoms with E-state index in [9.17, 15) is 37.3 Å². The Labute approximate surface area is 243 Å². The summed E-state index contributed by atoms with van der Waals surface area (Å²) in [5.74, 6) is -1.97. The van der Waals surface area contributed by atoms with Gasteiger partial charge in [-0.2, -0.15) is 18.4 Å². The minimum absolute atomic E-state index is 0.0217. The average molecular weight is 607 g/mol. The van der Waals surface area contributed by atoms with Gasteiger partial charge in [0.25, 0.3) is 17.5 Å². The van der Waals surface area contributed by atoms with E-state index in [0.29, 0.717) is 30.4 Å². The van der Waals surface area contributed by atoms with Gasteiger partial charge in [0.2, 0.25) is 0 Å². The van der Waals surface area contributed by atoms with Crippen LogP contribution in [0.5, 0.6) is 0 Å². The number of anilines is 2. The number of non-ortho nitro benzene ring substituents is 1. The van der Waals surface area contributed by atoms with E-state index in [2.05, 4.69) is 52.0 Å². The number of rotatable bonds is 7. The second kappa shape index (κ2) is 12.3. The van der Waals surface area contributed by atoms with Gasteiger partial charge < -0.3 is 10.2 Å². The minimum atomic E-state index is -5.22. The van der Waals surface area contributed by atoms with Gasteiger partial charge >= 0.3 is 12.2 Å². The van der Waals surface area contributed by atoms with Gasteiger partial charge in [0.15, 0.2) is 5.82 Å². The highest BCUT2D eigenvalue weighted by Gasteiger charge is 2.39. The number of aromatic amines is 1. The summed E-state index contributed by atoms with van der Waals surface area (Å²) in [4.78, 5) is 37.6. The highest BCUT2D eigenvalue weighted by atomic mass is 19.4. The van der Waals surface area contributed by atoms with Crippen molar-refractivity contribution in [2.75, 3.05) is 10.6 Å². The fraction of sp³-hybridized carbons (Fsp3) is 0.444. The molecule has 43 heavy (non-hydrogen) atoms. The van der Waals surface area contributed by atoms with Crippen LogP contribution in [0.15, 0.2) is 36.4 Å². The largest absolute Gasteiger partial charge is 0.419 e. The van der Waals surface area contributed by atoms with Crippen molar-refractivity contribution in [3.8, 4) is 0 Å². The first-order valence-electron chi connectivity index (χ1n) is 13.4. The zero-order chi connectivity index (χ0) is 31.5. The van der Waals surface area contributed by atoms with E-state index in [4.69, 9.17) is 0 Å². The Morgan fingerprint density at radius 1 is 1.07 bits per heavy atom. The lowest BCUT2D eigenvalue weighted by Gasteiger charge is -2.41. The van der Waals surface area contributed by atoms with Gasteiger partial charge in [0.1, 0.15) is 5.56 Å². The van der Waals surface area contributed by atoms with Crippen LogP contribution in [-0.4, -0.2) is 48.4 Å². The number of hydrogen-bond donors (Lipinski definition) is 3. The summed E-state index contributed by atoms with van der Waals surface area (Å²) >= 11 is 0. The third-order valence-electron chi connectivity index (χ3n) is 7.58. The lowest BCUT2D eigenvalue weighted by atomic mass is 9.71. The number of halogens is 4. The number of nitrogens with one attached hydrogen (secondary N) is 3. The van der Waals surface area contributed by atoms with E-state index in [1.165, 1.54) is 17.0 Å². The van der Waals surface area contributed by atoms with E-state index >= 15 is 0 Å². The summed E-state index contributed by atoms with van der Waals surface area (Å²) in [6, 6.07) is 5.61. The average Bonchev–Trinajstić information content (AvgIpc) is 3.45. The summed E-state index contributed by atoms with van der Waals surface area (Å²) in [7, 11) is 0. The molecule has 0 bridgehead atoms. The van der Waals surface area contributed by atoms with Crippen LogP contribution in [0.1, 0.15) is 67.9 Å². The Bertz CT molecular complexity index is 1470. The van der Waals surface area contributed by atoms with Gasteiger partial charge in [-0.15, -0.1) is 5.10 Å². The zero-order valence-electron chi connectivity index (χ0n) is 23.5. The standard InChI is InChI=1S/C27H30F4N8O4/c1-26(2,3)17-8-10-18(11-9-17)38(14-15-4-6-16(7-5-15)23(40)33-24-34-36-37-35-24)25(41)32-21-13-19(39(42)43)12-20(22(21)28)27(29,30)31/h4-7,12-13,17-18H,8-11,14H2,1-3H3,(H,32,41)(H2,33,34,35,36,37,40). The van der Waals surface area contributed by atoms with Crippen LogP contribution in [0.2, 0.25) is 0 Å². The number of hydrogen-bond acceptors (Lipinski definition) is 7. The van der Waals surface area contributed by atoms with E-state index in [0.717, 1.165) is 12.8 Å². The van der Waals surface area contributed by atoms with Crippen LogP contribution in [0.3, 0.4) is 0 Å². The fourth-order valence-electron chi connectivity index (χ4n) is 5.17. The molecular weight excluding hydrogens is 576 g/mol. The molecule has 0 unspecified atom stereocenters. The number of nitro groups is 1. The molecule has 2 aromatic carbocycles. The summed E-state index contributed by atoms with van der Waals surface area (Å²) < 4.78 is 55.3. The van der Waals surface area contributed by atoms with Crippen molar-refractivity contribution in [1.29, 1.82) is 0 Å². The molecule has 3 aromatic rings. The van der Waals surface area contributed by atoms with Crippen molar-refractivity contribution in [2.45, 2.75) is 65.2 Å². The minimum Gasteiger partial charge on any atom is -0.317 e. The maximum atomic E-state index is 14.9. The molecule has 1 saturated carbocycles. The third kappa shape index (κ3) is 7.61. The molecule has 1 aliphatic carbocycles. The second-order valence-electron chi connectivity index (χ2n) is 11.4. The Morgan fingerprint density at radius 2 is 1.72 bits per heavy atom. The predicted molar refractivity (Wildman–Crippen MR) is 146 cm³/mol. The van der Waals surface area contributed by atoms with Crippen molar-refractivity contribution in [1.82, 2.24) is 25.5 Å². The van der Waals surface area contributed by atoms with E-state index < -0.39 is 45.8 Å². The number of carbonyl (C=O) groups is 2. The number of nitrogens with zero attached hydrogens (tertiary/aromatic N) is 5. The van der Waals surface area contributed by atoms with Crippen molar-refractivity contribution in [3.63, 3.8) is 0 Å². The number of aromatic nitrogens is 4. The molecule has 4 rings (SSSR count). The molecule has 12 nitrogen and oxygen atoms in total. The SMILES string of the molecule is CC(C)(C)C1CCC(N(Cc2ccc(C(=O)Nc3nn[nH]n3)cc2)C(=O)Nc2cc([N+](=O)[O-])cc(C(F)(F)F)c2F)CC1. The number of nitro benzene ring substituents is 1. The Kier molecular flexibility index (Phi) is 8.96. The predicted octanol–water partition coefficient (Wildman–Crippen LogP) is 6.16. The number of benzene rings is 2.